The second-order valence-electron chi connectivity index (χ2n) is 7.78. The summed E-state index contributed by atoms with van der Waals surface area (Å²) in [6.45, 7) is 5.96. The minimum atomic E-state index is 0.917. The van der Waals surface area contributed by atoms with E-state index in [0.717, 1.165) is 12.0 Å². The van der Waals surface area contributed by atoms with Crippen LogP contribution in [-0.2, 0) is 0 Å². The van der Waals surface area contributed by atoms with E-state index >= 15 is 0 Å². The van der Waals surface area contributed by atoms with Gasteiger partial charge < -0.3 is 4.90 Å². The molecule has 0 spiro atoms. The standard InChI is InChI=1S/C21H43N/c1-4-6-8-10-12-14-16-20(15-13-11-9-7-5-2)19-21-17-18-22(21)3/h20-21H,4-19H2,1-3H3/t20?,21-/m1/s1. The lowest BCUT2D eigenvalue weighted by molar-refractivity contribution is 0.0970. The van der Waals surface area contributed by atoms with E-state index in [-0.39, 0.29) is 0 Å². The first-order valence-electron chi connectivity index (χ1n) is 10.5. The van der Waals surface area contributed by atoms with Crippen molar-refractivity contribution in [2.75, 3.05) is 13.6 Å². The second-order valence-corrected chi connectivity index (χ2v) is 7.78. The van der Waals surface area contributed by atoms with E-state index in [0.29, 0.717) is 0 Å². The summed E-state index contributed by atoms with van der Waals surface area (Å²) in [6.07, 6.45) is 21.9. The Morgan fingerprint density at radius 2 is 1.27 bits per heavy atom. The fourth-order valence-corrected chi connectivity index (χ4v) is 3.88. The number of hydrogen-bond donors (Lipinski definition) is 0. The third kappa shape index (κ3) is 9.18. The normalized spacial score (nSPS) is 20.0. The van der Waals surface area contributed by atoms with Crippen LogP contribution in [0.15, 0.2) is 0 Å². The zero-order valence-corrected chi connectivity index (χ0v) is 15.9. The summed E-state index contributed by atoms with van der Waals surface area (Å²) in [6, 6.07) is 0.917. The molecule has 0 aromatic heterocycles. The predicted molar refractivity (Wildman–Crippen MR) is 101 cm³/mol. The van der Waals surface area contributed by atoms with Crippen molar-refractivity contribution in [1.29, 1.82) is 0 Å². The first-order chi connectivity index (χ1) is 10.8. The Morgan fingerprint density at radius 3 is 1.68 bits per heavy atom. The number of unbranched alkanes of at least 4 members (excludes halogenated alkanes) is 9. The van der Waals surface area contributed by atoms with Crippen LogP contribution in [-0.4, -0.2) is 24.5 Å². The maximum atomic E-state index is 2.57. The Bertz CT molecular complexity index is 238. The smallest absolute Gasteiger partial charge is 0.0107 e. The van der Waals surface area contributed by atoms with Crippen molar-refractivity contribution in [2.45, 2.75) is 116 Å². The van der Waals surface area contributed by atoms with Gasteiger partial charge in [0.2, 0.25) is 0 Å². The van der Waals surface area contributed by atoms with Crippen molar-refractivity contribution in [1.82, 2.24) is 4.90 Å². The molecule has 0 N–H and O–H groups in total. The molecule has 1 heterocycles. The van der Waals surface area contributed by atoms with Gasteiger partial charge in [0.1, 0.15) is 0 Å². The van der Waals surface area contributed by atoms with Crippen molar-refractivity contribution < 1.29 is 0 Å². The molecule has 0 saturated carbocycles. The highest BCUT2D eigenvalue weighted by molar-refractivity contribution is 4.82. The molecule has 1 fully saturated rings. The summed E-state index contributed by atoms with van der Waals surface area (Å²) in [5, 5.41) is 0. The van der Waals surface area contributed by atoms with Gasteiger partial charge in [0.15, 0.2) is 0 Å². The molecule has 0 aliphatic carbocycles. The average Bonchev–Trinajstić information content (AvgIpc) is 2.53. The number of hydrogen-bond acceptors (Lipinski definition) is 1. The molecule has 0 aromatic carbocycles. The van der Waals surface area contributed by atoms with E-state index < -0.39 is 0 Å². The topological polar surface area (TPSA) is 3.24 Å². The van der Waals surface area contributed by atoms with Crippen LogP contribution < -0.4 is 0 Å². The molecule has 1 aliphatic rings. The molecule has 132 valence electrons. The van der Waals surface area contributed by atoms with Gasteiger partial charge in [-0.3, -0.25) is 0 Å². The highest BCUT2D eigenvalue weighted by atomic mass is 15.2. The summed E-state index contributed by atoms with van der Waals surface area (Å²) in [4.78, 5) is 2.57. The molecule has 1 heteroatoms. The highest BCUT2D eigenvalue weighted by Crippen LogP contribution is 2.29. The fourth-order valence-electron chi connectivity index (χ4n) is 3.88. The molecule has 1 aliphatic heterocycles. The molecule has 0 amide bonds. The fraction of sp³-hybridized carbons (Fsp3) is 1.00. The van der Waals surface area contributed by atoms with Crippen LogP contribution in [0.3, 0.4) is 0 Å². The van der Waals surface area contributed by atoms with Gasteiger partial charge in [-0.05, 0) is 32.4 Å². The lowest BCUT2D eigenvalue weighted by Crippen LogP contribution is -2.45. The van der Waals surface area contributed by atoms with Crippen LogP contribution in [0.1, 0.15) is 110 Å². The molecule has 0 aromatic rings. The zero-order chi connectivity index (χ0) is 16.0. The monoisotopic (exact) mass is 309 g/mol. The Hall–Kier alpha value is -0.0400. The van der Waals surface area contributed by atoms with Gasteiger partial charge >= 0.3 is 0 Å². The van der Waals surface area contributed by atoms with Gasteiger partial charge in [0, 0.05) is 6.04 Å². The lowest BCUT2D eigenvalue weighted by Gasteiger charge is -2.40. The van der Waals surface area contributed by atoms with Crippen molar-refractivity contribution in [2.24, 2.45) is 5.92 Å². The largest absolute Gasteiger partial charge is 0.303 e. The minimum absolute atomic E-state index is 0.917. The first-order valence-corrected chi connectivity index (χ1v) is 10.5. The van der Waals surface area contributed by atoms with Crippen LogP contribution in [0.2, 0.25) is 0 Å². The van der Waals surface area contributed by atoms with Crippen LogP contribution >= 0.6 is 0 Å². The summed E-state index contributed by atoms with van der Waals surface area (Å²) >= 11 is 0. The van der Waals surface area contributed by atoms with Gasteiger partial charge in [-0.1, -0.05) is 97.3 Å². The van der Waals surface area contributed by atoms with E-state index in [9.17, 15) is 0 Å². The summed E-state index contributed by atoms with van der Waals surface area (Å²) < 4.78 is 0. The van der Waals surface area contributed by atoms with Crippen molar-refractivity contribution in [3.8, 4) is 0 Å². The third-order valence-electron chi connectivity index (χ3n) is 5.73. The third-order valence-corrected chi connectivity index (χ3v) is 5.73. The molecular weight excluding hydrogens is 266 g/mol. The van der Waals surface area contributed by atoms with Crippen LogP contribution in [0.5, 0.6) is 0 Å². The molecule has 0 radical (unpaired) electrons. The van der Waals surface area contributed by atoms with Crippen LogP contribution in [0, 0.1) is 5.92 Å². The molecule has 22 heavy (non-hydrogen) atoms. The Kier molecular flexibility index (Phi) is 12.2. The van der Waals surface area contributed by atoms with Gasteiger partial charge in [-0.2, -0.15) is 0 Å². The highest BCUT2D eigenvalue weighted by Gasteiger charge is 2.26. The maximum Gasteiger partial charge on any atom is 0.0107 e. The van der Waals surface area contributed by atoms with Crippen LogP contribution in [0.4, 0.5) is 0 Å². The molecule has 1 saturated heterocycles. The zero-order valence-electron chi connectivity index (χ0n) is 15.9. The van der Waals surface area contributed by atoms with Crippen molar-refractivity contribution >= 4 is 0 Å². The average molecular weight is 310 g/mol. The summed E-state index contributed by atoms with van der Waals surface area (Å²) in [7, 11) is 2.32. The van der Waals surface area contributed by atoms with E-state index in [2.05, 4.69) is 25.8 Å². The summed E-state index contributed by atoms with van der Waals surface area (Å²) in [5.74, 6) is 1.01. The molecule has 2 atom stereocenters. The second kappa shape index (κ2) is 13.4. The molecule has 0 bridgehead atoms. The quantitative estimate of drug-likeness (QED) is 0.300. The lowest BCUT2D eigenvalue weighted by atomic mass is 9.85. The first kappa shape index (κ1) is 20.0. The van der Waals surface area contributed by atoms with Crippen LogP contribution in [0.25, 0.3) is 0 Å². The Labute approximate surface area is 141 Å². The van der Waals surface area contributed by atoms with E-state index in [1.807, 2.05) is 0 Å². The van der Waals surface area contributed by atoms with E-state index in [1.165, 1.54) is 103 Å². The molecule has 1 rings (SSSR count). The molecule has 1 unspecified atom stereocenters. The minimum Gasteiger partial charge on any atom is -0.303 e. The number of likely N-dealkylation sites (tertiary alicyclic amines) is 1. The van der Waals surface area contributed by atoms with E-state index in [1.54, 1.807) is 0 Å². The number of nitrogens with zero attached hydrogens (tertiary/aromatic N) is 1. The Balaban J connectivity index is 2.13. The van der Waals surface area contributed by atoms with Gasteiger partial charge in [-0.25, -0.2) is 0 Å². The SMILES string of the molecule is CCCCCCCCC(CCCCCCC)C[C@H]1CCN1C. The van der Waals surface area contributed by atoms with Crippen molar-refractivity contribution in [3.63, 3.8) is 0 Å². The maximum absolute atomic E-state index is 2.57. The number of rotatable bonds is 15. The van der Waals surface area contributed by atoms with Gasteiger partial charge in [0.05, 0.1) is 0 Å². The molecular formula is C21H43N. The molecule has 1 nitrogen and oxygen atoms in total. The predicted octanol–water partition coefficient (Wildman–Crippen LogP) is 6.81. The van der Waals surface area contributed by atoms with Gasteiger partial charge in [-0.15, -0.1) is 0 Å². The van der Waals surface area contributed by atoms with E-state index in [4.69, 9.17) is 0 Å². The Morgan fingerprint density at radius 1 is 0.773 bits per heavy atom. The van der Waals surface area contributed by atoms with Crippen molar-refractivity contribution in [3.05, 3.63) is 0 Å². The summed E-state index contributed by atoms with van der Waals surface area (Å²) in [5.41, 5.74) is 0. The van der Waals surface area contributed by atoms with Gasteiger partial charge in [0.25, 0.3) is 0 Å².